The maximum absolute atomic E-state index is 11.3. The molecule has 0 aliphatic heterocycles. The first-order valence-corrected chi connectivity index (χ1v) is 6.27. The molecule has 15 heavy (non-hydrogen) atoms. The zero-order chi connectivity index (χ0) is 11.7. The van der Waals surface area contributed by atoms with Gasteiger partial charge < -0.3 is 11.1 Å². The summed E-state index contributed by atoms with van der Waals surface area (Å²) in [5.74, 6) is 4.45. The molecule has 0 aromatic rings. The van der Waals surface area contributed by atoms with Crippen molar-refractivity contribution >= 4 is 17.7 Å². The second-order valence-electron chi connectivity index (χ2n) is 3.72. The average Bonchev–Trinajstić information content (AvgIpc) is 2.17. The van der Waals surface area contributed by atoms with E-state index in [1.807, 2.05) is 13.8 Å². The Morgan fingerprint density at radius 3 is 2.80 bits per heavy atom. The zero-order valence-electron chi connectivity index (χ0n) is 9.45. The van der Waals surface area contributed by atoms with E-state index in [1.54, 1.807) is 11.8 Å². The molecule has 4 heteroatoms. The molecule has 0 saturated carbocycles. The molecule has 1 amide bonds. The van der Waals surface area contributed by atoms with E-state index in [9.17, 15) is 4.79 Å². The summed E-state index contributed by atoms with van der Waals surface area (Å²) in [7, 11) is 0. The highest BCUT2D eigenvalue weighted by Gasteiger charge is 2.11. The molecule has 1 atom stereocenters. The Labute approximate surface area is 96.6 Å². The van der Waals surface area contributed by atoms with Gasteiger partial charge in [-0.2, -0.15) is 0 Å². The summed E-state index contributed by atoms with van der Waals surface area (Å²) in [5.41, 5.74) is 5.78. The van der Waals surface area contributed by atoms with Crippen molar-refractivity contribution in [2.45, 2.75) is 26.3 Å². The van der Waals surface area contributed by atoms with Gasteiger partial charge in [0.25, 0.3) is 0 Å². The quantitative estimate of drug-likeness (QED) is 0.501. The van der Waals surface area contributed by atoms with Crippen LogP contribution in [-0.4, -0.2) is 30.0 Å². The van der Waals surface area contributed by atoms with Crippen LogP contribution in [0.5, 0.6) is 0 Å². The Kier molecular flexibility index (Phi) is 8.25. The molecule has 0 aromatic heterocycles. The van der Waals surface area contributed by atoms with E-state index >= 15 is 0 Å². The highest BCUT2D eigenvalue weighted by molar-refractivity contribution is 7.99. The minimum absolute atomic E-state index is 0.0255. The number of amides is 1. The van der Waals surface area contributed by atoms with Gasteiger partial charge in [0.2, 0.25) is 5.91 Å². The molecule has 3 N–H and O–H groups in total. The Hall–Kier alpha value is -0.660. The molecule has 0 bridgehead atoms. The van der Waals surface area contributed by atoms with Crippen LogP contribution >= 0.6 is 11.8 Å². The van der Waals surface area contributed by atoms with E-state index in [-0.39, 0.29) is 11.9 Å². The highest BCUT2D eigenvalue weighted by atomic mass is 32.2. The predicted molar refractivity (Wildman–Crippen MR) is 66.6 cm³/mol. The van der Waals surface area contributed by atoms with Gasteiger partial charge in [0.15, 0.2) is 0 Å². The molecule has 0 spiro atoms. The molecule has 86 valence electrons. The van der Waals surface area contributed by atoms with Crippen LogP contribution in [0.4, 0.5) is 0 Å². The van der Waals surface area contributed by atoms with E-state index in [2.05, 4.69) is 11.2 Å². The van der Waals surface area contributed by atoms with Gasteiger partial charge in [-0.3, -0.25) is 4.79 Å². The first kappa shape index (κ1) is 14.3. The number of carbonyl (C=O) groups is 1. The molecule has 0 heterocycles. The molecule has 0 radical (unpaired) electrons. The Morgan fingerprint density at radius 2 is 2.27 bits per heavy atom. The van der Waals surface area contributed by atoms with E-state index in [0.29, 0.717) is 24.6 Å². The SMILES string of the molecule is C#CCSCCNC(=O)CC(N)C(C)C. The third-order valence-corrected chi connectivity index (χ3v) is 2.89. The smallest absolute Gasteiger partial charge is 0.221 e. The van der Waals surface area contributed by atoms with Crippen LogP contribution in [0.15, 0.2) is 0 Å². The minimum Gasteiger partial charge on any atom is -0.355 e. The topological polar surface area (TPSA) is 55.1 Å². The molecule has 0 fully saturated rings. The van der Waals surface area contributed by atoms with Gasteiger partial charge in [-0.25, -0.2) is 0 Å². The van der Waals surface area contributed by atoms with Crippen LogP contribution in [0.2, 0.25) is 0 Å². The lowest BCUT2D eigenvalue weighted by Gasteiger charge is -2.14. The summed E-state index contributed by atoms with van der Waals surface area (Å²) < 4.78 is 0. The number of hydrogen-bond acceptors (Lipinski definition) is 3. The Morgan fingerprint density at radius 1 is 1.60 bits per heavy atom. The summed E-state index contributed by atoms with van der Waals surface area (Å²) in [4.78, 5) is 11.3. The van der Waals surface area contributed by atoms with E-state index < -0.39 is 0 Å². The van der Waals surface area contributed by atoms with Crippen molar-refractivity contribution in [3.8, 4) is 12.3 Å². The van der Waals surface area contributed by atoms with E-state index in [4.69, 9.17) is 12.2 Å². The van der Waals surface area contributed by atoms with Gasteiger partial charge in [0, 0.05) is 24.8 Å². The van der Waals surface area contributed by atoms with E-state index in [0.717, 1.165) is 5.75 Å². The summed E-state index contributed by atoms with van der Waals surface area (Å²) in [6.07, 6.45) is 5.50. The first-order chi connectivity index (χ1) is 7.07. The third-order valence-electron chi connectivity index (χ3n) is 2.03. The van der Waals surface area contributed by atoms with Crippen molar-refractivity contribution in [2.75, 3.05) is 18.1 Å². The number of nitrogens with one attached hydrogen (secondary N) is 1. The minimum atomic E-state index is -0.0524. The fraction of sp³-hybridized carbons (Fsp3) is 0.727. The Balaban J connectivity index is 3.46. The molecule has 0 saturated heterocycles. The standard InChI is InChI=1S/C11H20N2OS/c1-4-6-15-7-5-13-11(14)8-10(12)9(2)3/h1,9-10H,5-8,12H2,2-3H3,(H,13,14). The number of rotatable bonds is 7. The summed E-state index contributed by atoms with van der Waals surface area (Å²) in [5, 5.41) is 2.82. The second-order valence-corrected chi connectivity index (χ2v) is 4.82. The number of hydrogen-bond donors (Lipinski definition) is 2. The van der Waals surface area contributed by atoms with Crippen molar-refractivity contribution in [3.63, 3.8) is 0 Å². The molecule has 0 rings (SSSR count). The fourth-order valence-electron chi connectivity index (χ4n) is 0.916. The average molecular weight is 228 g/mol. The zero-order valence-corrected chi connectivity index (χ0v) is 10.3. The number of terminal acetylenes is 1. The Bertz CT molecular complexity index is 223. The lowest BCUT2D eigenvalue weighted by atomic mass is 10.0. The first-order valence-electron chi connectivity index (χ1n) is 5.11. The van der Waals surface area contributed by atoms with Gasteiger partial charge in [0.1, 0.15) is 0 Å². The lowest BCUT2D eigenvalue weighted by Crippen LogP contribution is -2.35. The maximum Gasteiger partial charge on any atom is 0.221 e. The largest absolute Gasteiger partial charge is 0.355 e. The van der Waals surface area contributed by atoms with E-state index in [1.165, 1.54) is 0 Å². The van der Waals surface area contributed by atoms with Gasteiger partial charge in [-0.15, -0.1) is 18.2 Å². The monoisotopic (exact) mass is 228 g/mol. The summed E-state index contributed by atoms with van der Waals surface area (Å²) in [6, 6.07) is -0.0524. The van der Waals surface area contributed by atoms with Crippen LogP contribution in [0.1, 0.15) is 20.3 Å². The van der Waals surface area contributed by atoms with Gasteiger partial charge >= 0.3 is 0 Å². The van der Waals surface area contributed by atoms with Gasteiger partial charge in [-0.1, -0.05) is 19.8 Å². The predicted octanol–water partition coefficient (Wildman–Crippen LogP) is 0.842. The summed E-state index contributed by atoms with van der Waals surface area (Å²) in [6.45, 7) is 4.69. The molecule has 0 aliphatic rings. The molecule has 0 aromatic carbocycles. The number of thioether (sulfide) groups is 1. The number of nitrogens with two attached hydrogens (primary N) is 1. The van der Waals surface area contributed by atoms with Gasteiger partial charge in [-0.05, 0) is 5.92 Å². The van der Waals surface area contributed by atoms with Crippen molar-refractivity contribution < 1.29 is 4.79 Å². The van der Waals surface area contributed by atoms with Crippen LogP contribution < -0.4 is 11.1 Å². The third kappa shape index (κ3) is 8.34. The summed E-state index contributed by atoms with van der Waals surface area (Å²) >= 11 is 1.64. The van der Waals surface area contributed by atoms with Gasteiger partial charge in [0.05, 0.1) is 5.75 Å². The molecular weight excluding hydrogens is 208 g/mol. The molecule has 1 unspecified atom stereocenters. The van der Waals surface area contributed by atoms with Crippen molar-refractivity contribution in [1.82, 2.24) is 5.32 Å². The van der Waals surface area contributed by atoms with Crippen LogP contribution in [0.25, 0.3) is 0 Å². The lowest BCUT2D eigenvalue weighted by molar-refractivity contribution is -0.121. The highest BCUT2D eigenvalue weighted by Crippen LogP contribution is 2.02. The van der Waals surface area contributed by atoms with Crippen LogP contribution in [0, 0.1) is 18.3 Å². The van der Waals surface area contributed by atoms with Crippen molar-refractivity contribution in [3.05, 3.63) is 0 Å². The van der Waals surface area contributed by atoms with Crippen molar-refractivity contribution in [1.29, 1.82) is 0 Å². The normalized spacial score (nSPS) is 12.2. The molecule has 3 nitrogen and oxygen atoms in total. The molecule has 0 aliphatic carbocycles. The fourth-order valence-corrected chi connectivity index (χ4v) is 1.42. The van der Waals surface area contributed by atoms with Crippen LogP contribution in [0.3, 0.4) is 0 Å². The van der Waals surface area contributed by atoms with Crippen molar-refractivity contribution in [2.24, 2.45) is 11.7 Å². The second kappa shape index (κ2) is 8.63. The molecular formula is C11H20N2OS. The maximum atomic E-state index is 11.3. The number of carbonyl (C=O) groups excluding carboxylic acids is 1. The van der Waals surface area contributed by atoms with Crippen LogP contribution in [-0.2, 0) is 4.79 Å².